The second-order valence-corrected chi connectivity index (χ2v) is 18.8. The molecule has 0 radical (unpaired) electrons. The highest BCUT2D eigenvalue weighted by atomic mass is 32.2. The lowest BCUT2D eigenvalue weighted by atomic mass is 10.0. The minimum Gasteiger partial charge on any atom is -0.772 e. The lowest BCUT2D eigenvalue weighted by molar-refractivity contribution is -0.135. The number of hydrogen-bond acceptors (Lipinski definition) is 11. The molecule has 6 aromatic rings. The quantitative estimate of drug-likeness (QED) is 0.100. The zero-order chi connectivity index (χ0) is 46.5. The summed E-state index contributed by atoms with van der Waals surface area (Å²) in [7, 11) is 1.22. The van der Waals surface area contributed by atoms with E-state index in [4.69, 9.17) is 9.47 Å². The summed E-state index contributed by atoms with van der Waals surface area (Å²) in [5, 5.41) is 4.13. The average Bonchev–Trinajstić information content (AvgIpc) is 4.19. The molecule has 19 heteroatoms. The first-order chi connectivity index (χ1) is 31.9. The van der Waals surface area contributed by atoms with Gasteiger partial charge in [-0.1, -0.05) is 120 Å². The number of aromatic amines is 2. The van der Waals surface area contributed by atoms with Gasteiger partial charge in [0.2, 0.25) is 0 Å². The Labute approximate surface area is 385 Å². The number of benzene rings is 4. The van der Waals surface area contributed by atoms with Crippen LogP contribution in [0.15, 0.2) is 122 Å². The number of carbonyl (C=O) groups excluding carboxylic acids is 4. The van der Waals surface area contributed by atoms with Crippen LogP contribution in [-0.2, 0) is 40.9 Å². The van der Waals surface area contributed by atoms with E-state index in [0.717, 1.165) is 27.9 Å². The van der Waals surface area contributed by atoms with E-state index in [1.807, 2.05) is 54.6 Å². The van der Waals surface area contributed by atoms with E-state index in [0.29, 0.717) is 34.9 Å². The number of ether oxygens (including phenoxy) is 2. The molecule has 0 saturated carbocycles. The zero-order valence-electron chi connectivity index (χ0n) is 36.1. The van der Waals surface area contributed by atoms with Crippen molar-refractivity contribution in [1.29, 1.82) is 0 Å². The van der Waals surface area contributed by atoms with Gasteiger partial charge in [0.25, 0.3) is 11.8 Å². The smallest absolute Gasteiger partial charge is 0.407 e. The third kappa shape index (κ3) is 9.82. The number of amides is 4. The van der Waals surface area contributed by atoms with E-state index >= 15 is 0 Å². The van der Waals surface area contributed by atoms with Crippen LogP contribution < -0.4 is 10.6 Å². The molecule has 2 saturated heterocycles. The summed E-state index contributed by atoms with van der Waals surface area (Å²) in [6.45, 7) is 0.149. The Morgan fingerprint density at radius 1 is 0.621 bits per heavy atom. The largest absolute Gasteiger partial charge is 0.772 e. The topological polar surface area (TPSA) is 232 Å². The molecule has 4 amide bonds. The maximum Gasteiger partial charge on any atom is 0.407 e. The molecule has 4 heterocycles. The number of methoxy groups -OCH3 is 2. The molecule has 8 atom stereocenters. The number of imidazole rings is 2. The second-order valence-electron chi connectivity index (χ2n) is 16.0. The molecule has 2 fully saturated rings. The molecule has 17 nitrogen and oxygen atoms in total. The fourth-order valence-corrected chi connectivity index (χ4v) is 9.97. The Morgan fingerprint density at radius 2 is 1.00 bits per heavy atom. The summed E-state index contributed by atoms with van der Waals surface area (Å²) in [5.74, 6) is 0.0923. The van der Waals surface area contributed by atoms with E-state index in [-0.39, 0.29) is 30.7 Å². The number of hydrogen-bond donors (Lipinski definition) is 4. The predicted octanol–water partition coefficient (Wildman–Crippen LogP) is 5.87. The summed E-state index contributed by atoms with van der Waals surface area (Å²) in [6.07, 6.45) is 3.97. The minimum atomic E-state index is -2.46. The van der Waals surface area contributed by atoms with Gasteiger partial charge in [0.1, 0.15) is 23.7 Å². The second kappa shape index (κ2) is 20.1. The molecule has 8 rings (SSSR count). The van der Waals surface area contributed by atoms with Crippen LogP contribution in [0.4, 0.5) is 9.59 Å². The molecule has 0 spiro atoms. The van der Waals surface area contributed by atoms with Gasteiger partial charge >= 0.3 is 12.2 Å². The molecular formula is C47H47N8O9S2-. The van der Waals surface area contributed by atoms with E-state index in [2.05, 4.69) is 30.6 Å². The molecular weight excluding hydrogens is 885 g/mol. The molecule has 0 aliphatic carbocycles. The fraction of sp³-hybridized carbons (Fsp3) is 0.277. The Balaban J connectivity index is 0.971. The van der Waals surface area contributed by atoms with Crippen LogP contribution in [-0.4, -0.2) is 111 Å². The van der Waals surface area contributed by atoms with Gasteiger partial charge in [0.15, 0.2) is 0 Å². The number of alkyl carbamates (subject to hydrolysis) is 2. The van der Waals surface area contributed by atoms with Crippen LogP contribution in [0.1, 0.15) is 59.8 Å². The number of nitrogens with zero attached hydrogens (tertiary/aromatic N) is 4. The van der Waals surface area contributed by atoms with Gasteiger partial charge in [-0.05, 0) is 46.2 Å². The van der Waals surface area contributed by atoms with E-state index in [9.17, 15) is 32.1 Å². The van der Waals surface area contributed by atoms with Crippen molar-refractivity contribution in [3.63, 3.8) is 0 Å². The van der Waals surface area contributed by atoms with Crippen molar-refractivity contribution in [1.82, 2.24) is 40.4 Å². The van der Waals surface area contributed by atoms with Crippen molar-refractivity contribution in [2.24, 2.45) is 0 Å². The van der Waals surface area contributed by atoms with Crippen LogP contribution in [0.25, 0.3) is 33.6 Å². The highest BCUT2D eigenvalue weighted by Crippen LogP contribution is 2.38. The van der Waals surface area contributed by atoms with Gasteiger partial charge in [-0.2, -0.15) is 0 Å². The third-order valence-corrected chi connectivity index (χ3v) is 14.2. The van der Waals surface area contributed by atoms with Crippen LogP contribution in [0.2, 0.25) is 0 Å². The lowest BCUT2D eigenvalue weighted by Crippen LogP contribution is -2.43. The highest BCUT2D eigenvalue weighted by Gasteiger charge is 2.43. The summed E-state index contributed by atoms with van der Waals surface area (Å²) < 4.78 is 46.7. The standard InChI is InChI=1S/C47H48N8O9S2/c1-63-46(58)52-40(32-10-6-4-7-11-32)44(56)54-26-34(65(3)60)22-38(54)42-48-24-36(50-42)30-18-14-28(15-19-30)29-16-20-31(21-17-29)37-25-49-43(51-37)39-23-35(66(61)62)27-55(39)45(57)41(53-47(59)64-2)33-12-8-5-9-13-33/h4-21,24-25,34-35,38-41H,22-23,26-27H2,1-3H3,(H,48,50)(H,49,51)(H,52,58)(H,53,59)(H,61,62)/p-1/t34-,35?,38-,39-,40-,41-,65?/m0/s1. The van der Waals surface area contributed by atoms with Crippen LogP contribution in [0, 0.1) is 0 Å². The van der Waals surface area contributed by atoms with Gasteiger partial charge < -0.3 is 44.4 Å². The van der Waals surface area contributed by atoms with Crippen LogP contribution in [0.5, 0.6) is 0 Å². The van der Waals surface area contributed by atoms with E-state index < -0.39 is 69.4 Å². The Morgan fingerprint density at radius 3 is 1.38 bits per heavy atom. The van der Waals surface area contributed by atoms with Gasteiger partial charge in [0, 0.05) is 35.4 Å². The number of aromatic nitrogens is 4. The number of H-pyrrole nitrogens is 2. The maximum atomic E-state index is 14.2. The SMILES string of the molecule is COC(=O)N[C@H](C(=O)N1CC(S(=O)[O-])C[C@H]1c1ncc(-c2ccc(-c3ccc(-c4cnc([C@@H]5C[C@H](S(C)=O)CN5C(=O)[C@@H](NC(=O)OC)c5ccccc5)[nH]4)cc3)cc2)[nH]1)c1ccccc1. The van der Waals surface area contributed by atoms with E-state index in [1.54, 1.807) is 78.1 Å². The molecule has 66 heavy (non-hydrogen) atoms. The average molecular weight is 932 g/mol. The van der Waals surface area contributed by atoms with Crippen molar-refractivity contribution in [3.05, 3.63) is 144 Å². The summed E-state index contributed by atoms with van der Waals surface area (Å²) in [5.41, 5.74) is 6.07. The van der Waals surface area contributed by atoms with Crippen molar-refractivity contribution >= 4 is 45.9 Å². The third-order valence-electron chi connectivity index (χ3n) is 12.0. The van der Waals surface area contributed by atoms with Crippen molar-refractivity contribution in [3.8, 4) is 33.6 Å². The van der Waals surface area contributed by atoms with E-state index in [1.165, 1.54) is 19.1 Å². The van der Waals surface area contributed by atoms with Crippen LogP contribution in [0.3, 0.4) is 0 Å². The first-order valence-electron chi connectivity index (χ1n) is 21.0. The number of rotatable bonds is 13. The molecule has 342 valence electrons. The molecule has 2 aromatic heterocycles. The van der Waals surface area contributed by atoms with Crippen LogP contribution >= 0.6 is 0 Å². The fourth-order valence-electron chi connectivity index (χ4n) is 8.52. The first-order valence-corrected chi connectivity index (χ1v) is 23.8. The van der Waals surface area contributed by atoms with Gasteiger partial charge in [0.05, 0.1) is 55.3 Å². The number of carbonyl (C=O) groups is 4. The Hall–Kier alpha value is -6.96. The summed E-state index contributed by atoms with van der Waals surface area (Å²) in [4.78, 5) is 72.0. The first kappa shape index (κ1) is 45.6. The minimum absolute atomic E-state index is 0.0766. The normalized spacial score (nSPS) is 19.9. The molecule has 4 N–H and O–H groups in total. The molecule has 2 aliphatic rings. The molecule has 3 unspecified atom stereocenters. The maximum absolute atomic E-state index is 14.2. The van der Waals surface area contributed by atoms with Gasteiger partial charge in [-0.15, -0.1) is 0 Å². The lowest BCUT2D eigenvalue weighted by Gasteiger charge is -2.28. The number of nitrogens with one attached hydrogen (secondary N) is 4. The molecule has 2 aliphatic heterocycles. The summed E-state index contributed by atoms with van der Waals surface area (Å²) in [6, 6.07) is 29.9. The monoisotopic (exact) mass is 931 g/mol. The van der Waals surface area contributed by atoms with Crippen molar-refractivity contribution < 1.29 is 41.6 Å². The highest BCUT2D eigenvalue weighted by molar-refractivity contribution is 7.84. The van der Waals surface area contributed by atoms with Crippen molar-refractivity contribution in [2.45, 2.75) is 47.5 Å². The van der Waals surface area contributed by atoms with Crippen molar-refractivity contribution in [2.75, 3.05) is 33.6 Å². The van der Waals surface area contributed by atoms with Gasteiger partial charge in [-0.3, -0.25) is 18.0 Å². The zero-order valence-corrected chi connectivity index (χ0v) is 37.8. The predicted molar refractivity (Wildman–Crippen MR) is 245 cm³/mol. The molecule has 0 bridgehead atoms. The Bertz CT molecular complexity index is 2550. The number of likely N-dealkylation sites (tertiary alicyclic amines) is 2. The molecule has 4 aromatic carbocycles. The van der Waals surface area contributed by atoms with Gasteiger partial charge in [-0.25, -0.2) is 19.6 Å². The summed E-state index contributed by atoms with van der Waals surface area (Å²) >= 11 is -2.46. The Kier molecular flexibility index (Phi) is 13.9.